The van der Waals surface area contributed by atoms with E-state index in [1.165, 1.54) is 24.3 Å². The predicted octanol–water partition coefficient (Wildman–Crippen LogP) is 2.15. The number of amides is 1. The molecule has 0 radical (unpaired) electrons. The van der Waals surface area contributed by atoms with E-state index in [9.17, 15) is 13.6 Å². The van der Waals surface area contributed by atoms with Crippen molar-refractivity contribution in [2.24, 2.45) is 11.7 Å². The third kappa shape index (κ3) is 3.45. The smallest absolute Gasteiger partial charge is 0.387 e. The summed E-state index contributed by atoms with van der Waals surface area (Å²) in [5.74, 6) is 0.187. The molecular formula is C14H18F2N2O2. The first-order chi connectivity index (χ1) is 9.44. The Hall–Kier alpha value is -1.69. The van der Waals surface area contributed by atoms with E-state index in [0.717, 1.165) is 12.8 Å². The molecule has 1 amide bonds. The number of carbonyl (C=O) groups excluding carboxylic acids is 1. The van der Waals surface area contributed by atoms with Gasteiger partial charge in [-0.3, -0.25) is 4.79 Å². The molecule has 6 heteroatoms. The summed E-state index contributed by atoms with van der Waals surface area (Å²) >= 11 is 0. The van der Waals surface area contributed by atoms with Crippen LogP contribution in [0.4, 0.5) is 8.78 Å². The molecular weight excluding hydrogens is 266 g/mol. The molecule has 1 aromatic rings. The molecule has 20 heavy (non-hydrogen) atoms. The maximum absolute atomic E-state index is 12.1. The zero-order valence-corrected chi connectivity index (χ0v) is 11.2. The van der Waals surface area contributed by atoms with Crippen molar-refractivity contribution in [3.63, 3.8) is 0 Å². The lowest BCUT2D eigenvalue weighted by Crippen LogP contribution is -2.53. The molecule has 1 fully saturated rings. The van der Waals surface area contributed by atoms with Crippen LogP contribution < -0.4 is 15.8 Å². The normalized spacial score (nSPS) is 17.6. The minimum absolute atomic E-state index is 0.0281. The van der Waals surface area contributed by atoms with E-state index in [-0.39, 0.29) is 11.7 Å². The zero-order valence-electron chi connectivity index (χ0n) is 11.2. The minimum atomic E-state index is -2.87. The number of nitrogens with two attached hydrogens (primary N) is 1. The molecule has 0 spiro atoms. The van der Waals surface area contributed by atoms with Gasteiger partial charge in [0.1, 0.15) is 5.75 Å². The molecule has 3 N–H and O–H groups in total. The molecule has 0 aromatic heterocycles. The first-order valence-electron chi connectivity index (χ1n) is 6.52. The molecule has 110 valence electrons. The molecule has 1 aliphatic carbocycles. The van der Waals surface area contributed by atoms with Gasteiger partial charge in [-0.25, -0.2) is 0 Å². The second kappa shape index (κ2) is 5.75. The van der Waals surface area contributed by atoms with Crippen molar-refractivity contribution in [3.8, 4) is 5.75 Å². The number of rotatable bonds is 6. The quantitative estimate of drug-likeness (QED) is 0.841. The molecule has 0 saturated heterocycles. The van der Waals surface area contributed by atoms with Gasteiger partial charge in [-0.2, -0.15) is 8.78 Å². The topological polar surface area (TPSA) is 64.3 Å². The molecule has 0 heterocycles. The van der Waals surface area contributed by atoms with E-state index in [1.54, 1.807) is 0 Å². The van der Waals surface area contributed by atoms with Crippen molar-refractivity contribution in [3.05, 3.63) is 29.8 Å². The van der Waals surface area contributed by atoms with Gasteiger partial charge >= 0.3 is 6.61 Å². The Morgan fingerprint density at radius 2 is 2.05 bits per heavy atom. The van der Waals surface area contributed by atoms with Crippen LogP contribution in [0.2, 0.25) is 0 Å². The fourth-order valence-corrected chi connectivity index (χ4v) is 2.16. The van der Waals surface area contributed by atoms with E-state index in [0.29, 0.717) is 18.0 Å². The lowest BCUT2D eigenvalue weighted by Gasteiger charge is -2.29. The van der Waals surface area contributed by atoms with Gasteiger partial charge in [0.05, 0.1) is 5.54 Å². The van der Waals surface area contributed by atoms with E-state index in [4.69, 9.17) is 5.73 Å². The van der Waals surface area contributed by atoms with Crippen molar-refractivity contribution < 1.29 is 18.3 Å². The fraction of sp³-hybridized carbons (Fsp3) is 0.500. The molecule has 2 rings (SSSR count). The fourth-order valence-electron chi connectivity index (χ4n) is 2.16. The summed E-state index contributed by atoms with van der Waals surface area (Å²) in [6.07, 6.45) is 2.13. The van der Waals surface area contributed by atoms with Gasteiger partial charge < -0.3 is 15.8 Å². The maximum atomic E-state index is 12.1. The summed E-state index contributed by atoms with van der Waals surface area (Å²) in [7, 11) is 0. The van der Waals surface area contributed by atoms with Crippen LogP contribution in [0.15, 0.2) is 24.3 Å². The summed E-state index contributed by atoms with van der Waals surface area (Å²) in [5.41, 5.74) is 5.72. The van der Waals surface area contributed by atoms with Crippen LogP contribution in [0.25, 0.3) is 0 Å². The summed E-state index contributed by atoms with van der Waals surface area (Å²) in [5, 5.41) is 2.93. The van der Waals surface area contributed by atoms with Crippen molar-refractivity contribution in [1.82, 2.24) is 5.32 Å². The largest absolute Gasteiger partial charge is 0.435 e. The van der Waals surface area contributed by atoms with E-state index >= 15 is 0 Å². The first-order valence-corrected chi connectivity index (χ1v) is 6.52. The van der Waals surface area contributed by atoms with Gasteiger partial charge in [-0.05, 0) is 49.9 Å². The second-order valence-corrected chi connectivity index (χ2v) is 5.25. The molecule has 1 saturated carbocycles. The van der Waals surface area contributed by atoms with Crippen LogP contribution in [0, 0.1) is 5.92 Å². The average molecular weight is 284 g/mol. The van der Waals surface area contributed by atoms with Crippen LogP contribution in [-0.4, -0.2) is 24.6 Å². The van der Waals surface area contributed by atoms with E-state index in [1.807, 2.05) is 6.92 Å². The highest BCUT2D eigenvalue weighted by Crippen LogP contribution is 2.39. The second-order valence-electron chi connectivity index (χ2n) is 5.25. The predicted molar refractivity (Wildman–Crippen MR) is 70.7 cm³/mol. The Kier molecular flexibility index (Phi) is 4.23. The lowest BCUT2D eigenvalue weighted by atomic mass is 9.95. The van der Waals surface area contributed by atoms with Gasteiger partial charge in [0.2, 0.25) is 0 Å². The third-order valence-electron chi connectivity index (χ3n) is 3.64. The highest BCUT2D eigenvalue weighted by molar-refractivity contribution is 5.94. The molecule has 1 atom stereocenters. The van der Waals surface area contributed by atoms with Crippen LogP contribution in [0.5, 0.6) is 5.75 Å². The Morgan fingerprint density at radius 3 is 2.50 bits per heavy atom. The lowest BCUT2D eigenvalue weighted by molar-refractivity contribution is -0.0498. The number of carbonyl (C=O) groups is 1. The van der Waals surface area contributed by atoms with Crippen LogP contribution in [0.3, 0.4) is 0 Å². The number of benzene rings is 1. The summed E-state index contributed by atoms with van der Waals surface area (Å²) in [6.45, 7) is -0.572. The van der Waals surface area contributed by atoms with Gasteiger partial charge in [0.25, 0.3) is 5.91 Å². The Morgan fingerprint density at radius 1 is 1.45 bits per heavy atom. The Labute approximate surface area is 116 Å². The van der Waals surface area contributed by atoms with Crippen LogP contribution in [0.1, 0.15) is 30.1 Å². The molecule has 0 aliphatic heterocycles. The van der Waals surface area contributed by atoms with Gasteiger partial charge in [0, 0.05) is 12.1 Å². The van der Waals surface area contributed by atoms with Crippen LogP contribution in [-0.2, 0) is 0 Å². The minimum Gasteiger partial charge on any atom is -0.435 e. The van der Waals surface area contributed by atoms with Crippen molar-refractivity contribution >= 4 is 5.91 Å². The number of alkyl halides is 2. The maximum Gasteiger partial charge on any atom is 0.387 e. The SMILES string of the molecule is CC(CN)(NC(=O)c1ccc(OC(F)F)cc1)C1CC1. The number of hydrogen-bond donors (Lipinski definition) is 2. The highest BCUT2D eigenvalue weighted by atomic mass is 19.3. The van der Waals surface area contributed by atoms with Crippen molar-refractivity contribution in [2.75, 3.05) is 6.54 Å². The summed E-state index contributed by atoms with van der Waals surface area (Å²) in [4.78, 5) is 12.1. The average Bonchev–Trinajstić information content (AvgIpc) is 3.23. The molecule has 1 aromatic carbocycles. The highest BCUT2D eigenvalue weighted by Gasteiger charge is 2.41. The summed E-state index contributed by atoms with van der Waals surface area (Å²) in [6, 6.07) is 5.60. The molecule has 1 unspecified atom stereocenters. The Balaban J connectivity index is 2.01. The number of halogens is 2. The van der Waals surface area contributed by atoms with Gasteiger partial charge in [-0.15, -0.1) is 0 Å². The van der Waals surface area contributed by atoms with Crippen molar-refractivity contribution in [1.29, 1.82) is 0 Å². The van der Waals surface area contributed by atoms with E-state index < -0.39 is 12.2 Å². The number of hydrogen-bond acceptors (Lipinski definition) is 3. The van der Waals surface area contributed by atoms with Crippen LogP contribution >= 0.6 is 0 Å². The van der Waals surface area contributed by atoms with E-state index in [2.05, 4.69) is 10.1 Å². The monoisotopic (exact) mass is 284 g/mol. The number of nitrogens with one attached hydrogen (secondary N) is 1. The number of ether oxygens (including phenoxy) is 1. The van der Waals surface area contributed by atoms with Crippen molar-refractivity contribution in [2.45, 2.75) is 31.9 Å². The van der Waals surface area contributed by atoms with Gasteiger partial charge in [-0.1, -0.05) is 0 Å². The first kappa shape index (κ1) is 14.7. The molecule has 1 aliphatic rings. The third-order valence-corrected chi connectivity index (χ3v) is 3.64. The molecule has 0 bridgehead atoms. The van der Waals surface area contributed by atoms with Gasteiger partial charge in [0.15, 0.2) is 0 Å². The Bertz CT molecular complexity index is 475. The molecule has 4 nitrogen and oxygen atoms in total. The zero-order chi connectivity index (χ0) is 14.8. The summed E-state index contributed by atoms with van der Waals surface area (Å²) < 4.78 is 28.3. The standard InChI is InChI=1S/C14H18F2N2O2/c1-14(8-17,10-4-5-10)18-12(19)9-2-6-11(7-3-9)20-13(15)16/h2-3,6-7,10,13H,4-5,8,17H2,1H3,(H,18,19).